The third-order valence-electron chi connectivity index (χ3n) is 3.74. The molecule has 0 radical (unpaired) electrons. The summed E-state index contributed by atoms with van der Waals surface area (Å²) >= 11 is 1.63. The molecule has 1 aliphatic heterocycles. The van der Waals surface area contributed by atoms with Gasteiger partial charge >= 0.3 is 0 Å². The van der Waals surface area contributed by atoms with Crippen LogP contribution < -0.4 is 4.74 Å². The third kappa shape index (κ3) is 1.61. The molecule has 5 nitrogen and oxygen atoms in total. The van der Waals surface area contributed by atoms with Crippen LogP contribution in [0.25, 0.3) is 27.6 Å². The molecule has 0 atom stereocenters. The lowest BCUT2D eigenvalue weighted by molar-refractivity contribution is 0.301. The summed E-state index contributed by atoms with van der Waals surface area (Å²) < 4.78 is 7.59. The van der Waals surface area contributed by atoms with Crippen molar-refractivity contribution in [2.75, 3.05) is 0 Å². The smallest absolute Gasteiger partial charge is 0.195 e. The monoisotopic (exact) mass is 306 g/mol. The number of thiophene rings is 1. The zero-order valence-electron chi connectivity index (χ0n) is 11.4. The largest absolute Gasteiger partial charge is 0.488 e. The molecule has 0 amide bonds. The Labute approximate surface area is 129 Å². The Morgan fingerprint density at radius 3 is 2.95 bits per heavy atom. The number of fused-ring (bicyclic) bond motifs is 4. The summed E-state index contributed by atoms with van der Waals surface area (Å²) in [4.78, 5) is 1.06. The molecule has 3 aromatic heterocycles. The highest BCUT2D eigenvalue weighted by Crippen LogP contribution is 2.36. The molecule has 22 heavy (non-hydrogen) atoms. The first-order chi connectivity index (χ1) is 10.9. The van der Waals surface area contributed by atoms with E-state index in [0.29, 0.717) is 6.61 Å². The number of hydrogen-bond donors (Lipinski definition) is 0. The van der Waals surface area contributed by atoms with Crippen molar-refractivity contribution in [3.05, 3.63) is 53.4 Å². The number of para-hydroxylation sites is 1. The van der Waals surface area contributed by atoms with E-state index in [0.717, 1.165) is 38.9 Å². The van der Waals surface area contributed by atoms with E-state index in [1.165, 1.54) is 0 Å². The van der Waals surface area contributed by atoms with Crippen LogP contribution in [0, 0.1) is 0 Å². The zero-order valence-corrected chi connectivity index (χ0v) is 12.2. The number of hydrogen-bond acceptors (Lipinski definition) is 5. The molecule has 6 heteroatoms. The first-order valence-corrected chi connectivity index (χ1v) is 7.79. The minimum atomic E-state index is 0.511. The van der Waals surface area contributed by atoms with Crippen LogP contribution in [0.2, 0.25) is 0 Å². The van der Waals surface area contributed by atoms with E-state index in [4.69, 9.17) is 9.84 Å². The lowest BCUT2D eigenvalue weighted by atomic mass is 10.0. The molecule has 106 valence electrons. The van der Waals surface area contributed by atoms with Crippen molar-refractivity contribution in [2.24, 2.45) is 0 Å². The summed E-state index contributed by atoms with van der Waals surface area (Å²) in [5, 5.41) is 15.3. The molecule has 1 aliphatic rings. The van der Waals surface area contributed by atoms with Crippen LogP contribution >= 0.6 is 11.3 Å². The summed E-state index contributed by atoms with van der Waals surface area (Å²) in [6, 6.07) is 14.0. The van der Waals surface area contributed by atoms with Gasteiger partial charge < -0.3 is 4.74 Å². The first-order valence-electron chi connectivity index (χ1n) is 6.91. The van der Waals surface area contributed by atoms with Gasteiger partial charge in [-0.05, 0) is 29.6 Å². The third-order valence-corrected chi connectivity index (χ3v) is 4.61. The lowest BCUT2D eigenvalue weighted by Crippen LogP contribution is -2.09. The molecule has 0 spiro atoms. The molecule has 4 aromatic rings. The van der Waals surface area contributed by atoms with Crippen LogP contribution in [0.1, 0.15) is 5.56 Å². The number of ether oxygens (including phenoxy) is 1. The van der Waals surface area contributed by atoms with E-state index in [9.17, 15) is 0 Å². The Bertz CT molecular complexity index is 991. The second-order valence-corrected chi connectivity index (χ2v) is 6.02. The van der Waals surface area contributed by atoms with Crippen LogP contribution in [-0.2, 0) is 6.61 Å². The highest BCUT2D eigenvalue weighted by molar-refractivity contribution is 7.13. The van der Waals surface area contributed by atoms with E-state index in [1.54, 1.807) is 11.3 Å². The maximum atomic E-state index is 5.78. The summed E-state index contributed by atoms with van der Waals surface area (Å²) in [7, 11) is 0. The Morgan fingerprint density at radius 1 is 1.09 bits per heavy atom. The second-order valence-electron chi connectivity index (χ2n) is 5.07. The van der Waals surface area contributed by atoms with Gasteiger partial charge in [0.1, 0.15) is 18.1 Å². The average Bonchev–Trinajstić information content (AvgIpc) is 3.21. The molecule has 0 bridgehead atoms. The van der Waals surface area contributed by atoms with Crippen molar-refractivity contribution in [2.45, 2.75) is 6.61 Å². The Balaban J connectivity index is 1.80. The van der Waals surface area contributed by atoms with Gasteiger partial charge in [0.05, 0.1) is 4.88 Å². The molecule has 0 saturated carbocycles. The highest BCUT2D eigenvalue weighted by atomic mass is 32.1. The van der Waals surface area contributed by atoms with Gasteiger partial charge in [0.2, 0.25) is 0 Å². The fraction of sp³-hybridized carbons (Fsp3) is 0.0625. The average molecular weight is 306 g/mol. The summed E-state index contributed by atoms with van der Waals surface area (Å²) in [6.07, 6.45) is 0. The Kier molecular flexibility index (Phi) is 2.37. The fourth-order valence-corrected chi connectivity index (χ4v) is 3.40. The van der Waals surface area contributed by atoms with Crippen molar-refractivity contribution in [3.8, 4) is 27.7 Å². The normalized spacial score (nSPS) is 12.7. The van der Waals surface area contributed by atoms with Crippen molar-refractivity contribution < 1.29 is 4.74 Å². The maximum Gasteiger partial charge on any atom is 0.195 e. The predicted molar refractivity (Wildman–Crippen MR) is 83.9 cm³/mol. The van der Waals surface area contributed by atoms with Crippen molar-refractivity contribution in [1.29, 1.82) is 0 Å². The summed E-state index contributed by atoms with van der Waals surface area (Å²) in [5.74, 6) is 1.64. The Morgan fingerprint density at radius 2 is 2.05 bits per heavy atom. The molecule has 0 aliphatic carbocycles. The lowest BCUT2D eigenvalue weighted by Gasteiger charge is -2.19. The maximum absolute atomic E-state index is 5.78. The van der Waals surface area contributed by atoms with E-state index >= 15 is 0 Å². The standard InChI is InChI=1S/C16H10N4OS/c1-2-5-12-11(4-1)15-10(9-21-12)8-14-17-18-16(20(14)19-15)13-6-3-7-22-13/h1-8H,9H2. The molecule has 4 heterocycles. The molecule has 0 saturated heterocycles. The van der Waals surface area contributed by atoms with Crippen LogP contribution in [0.3, 0.4) is 0 Å². The predicted octanol–water partition coefficient (Wildman–Crippen LogP) is 3.41. The van der Waals surface area contributed by atoms with Crippen molar-refractivity contribution in [3.63, 3.8) is 0 Å². The molecule has 1 aromatic carbocycles. The minimum absolute atomic E-state index is 0.511. The fourth-order valence-electron chi connectivity index (χ4n) is 2.71. The minimum Gasteiger partial charge on any atom is -0.488 e. The second kappa shape index (κ2) is 4.38. The van der Waals surface area contributed by atoms with Gasteiger partial charge in [-0.15, -0.1) is 21.5 Å². The first kappa shape index (κ1) is 11.9. The molecule has 5 rings (SSSR count). The van der Waals surface area contributed by atoms with E-state index in [-0.39, 0.29) is 0 Å². The Hall–Kier alpha value is -2.73. The van der Waals surface area contributed by atoms with Gasteiger partial charge in [0, 0.05) is 11.1 Å². The SMILES string of the molecule is c1csc(-c2nnc3cc4c(nn23)-c2ccccc2OC4)c1. The van der Waals surface area contributed by atoms with Crippen LogP contribution in [0.5, 0.6) is 5.75 Å². The number of rotatable bonds is 1. The quantitative estimate of drug-likeness (QED) is 0.541. The molecule has 0 fully saturated rings. The van der Waals surface area contributed by atoms with Gasteiger partial charge in [-0.1, -0.05) is 18.2 Å². The molecular weight excluding hydrogens is 296 g/mol. The number of nitrogens with zero attached hydrogens (tertiary/aromatic N) is 4. The van der Waals surface area contributed by atoms with Gasteiger partial charge in [-0.25, -0.2) is 0 Å². The van der Waals surface area contributed by atoms with Gasteiger partial charge in [-0.2, -0.15) is 9.61 Å². The highest BCUT2D eigenvalue weighted by Gasteiger charge is 2.21. The van der Waals surface area contributed by atoms with Crippen molar-refractivity contribution >= 4 is 17.0 Å². The van der Waals surface area contributed by atoms with E-state index in [2.05, 4.69) is 10.2 Å². The topological polar surface area (TPSA) is 52.3 Å². The van der Waals surface area contributed by atoms with Gasteiger partial charge in [0.15, 0.2) is 11.5 Å². The van der Waals surface area contributed by atoms with E-state index < -0.39 is 0 Å². The molecule has 0 N–H and O–H groups in total. The zero-order chi connectivity index (χ0) is 14.5. The van der Waals surface area contributed by atoms with Crippen molar-refractivity contribution in [1.82, 2.24) is 19.8 Å². The van der Waals surface area contributed by atoms with Gasteiger partial charge in [-0.3, -0.25) is 0 Å². The molecule has 0 unspecified atom stereocenters. The van der Waals surface area contributed by atoms with Crippen LogP contribution in [-0.4, -0.2) is 19.8 Å². The molecular formula is C16H10N4OS. The van der Waals surface area contributed by atoms with Gasteiger partial charge in [0.25, 0.3) is 0 Å². The summed E-state index contributed by atoms with van der Waals surface area (Å²) in [6.45, 7) is 0.511. The van der Waals surface area contributed by atoms with Crippen LogP contribution in [0.15, 0.2) is 47.8 Å². The summed E-state index contributed by atoms with van der Waals surface area (Å²) in [5.41, 5.74) is 3.73. The van der Waals surface area contributed by atoms with E-state index in [1.807, 2.05) is 52.4 Å². The van der Waals surface area contributed by atoms with Crippen LogP contribution in [0.4, 0.5) is 0 Å². The number of benzene rings is 1. The number of aromatic nitrogens is 4.